The molecule has 0 heterocycles. The summed E-state index contributed by atoms with van der Waals surface area (Å²) in [7, 11) is -4.76. The third-order valence-corrected chi connectivity index (χ3v) is 12.3. The first-order chi connectivity index (χ1) is 29.6. The molecular weight excluding hydrogens is 794 g/mol. The number of esters is 1. The van der Waals surface area contributed by atoms with Crippen LogP contribution in [0.25, 0.3) is 0 Å². The minimum absolute atomic E-state index is 0.152. The first-order valence-corrected chi connectivity index (χ1v) is 26.7. The predicted octanol–water partition coefficient (Wildman–Crippen LogP) is 13.6. The molecule has 0 aromatic heterocycles. The van der Waals surface area contributed by atoms with Crippen molar-refractivity contribution in [1.82, 2.24) is 5.32 Å². The Morgan fingerprint density at radius 1 is 0.508 bits per heavy atom. The second-order valence-corrected chi connectivity index (χ2v) is 18.8. The molecule has 0 bridgehead atoms. The smallest absolute Gasteiger partial charge is 0.472 e. The summed E-state index contributed by atoms with van der Waals surface area (Å²) in [5.41, 5.74) is 0. The van der Waals surface area contributed by atoms with Crippen molar-refractivity contribution in [2.75, 3.05) is 19.8 Å². The zero-order chi connectivity index (χ0) is 44.9. The maximum Gasteiger partial charge on any atom is 0.472 e. The molecule has 61 heavy (non-hydrogen) atoms. The number of carboxylic acids is 1. The second-order valence-electron chi connectivity index (χ2n) is 17.4. The van der Waals surface area contributed by atoms with Gasteiger partial charge in [0.1, 0.15) is 12.7 Å². The van der Waals surface area contributed by atoms with E-state index in [-0.39, 0.29) is 12.8 Å². The van der Waals surface area contributed by atoms with Gasteiger partial charge in [0.25, 0.3) is 0 Å². The van der Waals surface area contributed by atoms with Gasteiger partial charge in [0.15, 0.2) is 6.04 Å². The van der Waals surface area contributed by atoms with Gasteiger partial charge in [0.05, 0.1) is 13.2 Å². The number of unbranched alkanes of at least 4 members (excludes halogenated alkanes) is 32. The summed E-state index contributed by atoms with van der Waals surface area (Å²) in [5.74, 6) is -2.36. The number of carboxylic acid groups (broad SMARTS) is 1. The zero-order valence-electron chi connectivity index (χ0n) is 39.2. The molecule has 0 saturated carbocycles. The van der Waals surface area contributed by atoms with Crippen molar-refractivity contribution in [3.63, 3.8) is 0 Å². The standard InChI is InChI=1S/C49H94NO10P/c1-3-5-7-9-11-13-15-17-19-21-23-25-27-29-31-33-35-37-39-41-48(53)58-42-45(51)43-59-61(56,57)60-44-46(49(54)55)50-47(52)40-38-36-34-32-30-28-26-24-22-20-18-16-14-12-10-8-6-4-2/h17,19,45-46,51H,3-16,18,20-44H2,1-2H3,(H,50,52)(H,54,55)(H,56,57)/b19-17+. The highest BCUT2D eigenvalue weighted by Crippen LogP contribution is 2.43. The number of hydrogen-bond acceptors (Lipinski definition) is 8. The Labute approximate surface area is 373 Å². The molecule has 0 saturated heterocycles. The molecule has 0 radical (unpaired) electrons. The molecule has 0 aromatic rings. The van der Waals surface area contributed by atoms with Gasteiger partial charge in [-0.15, -0.1) is 0 Å². The van der Waals surface area contributed by atoms with Crippen molar-refractivity contribution in [1.29, 1.82) is 0 Å². The molecule has 1 amide bonds. The van der Waals surface area contributed by atoms with Crippen LogP contribution in [0.1, 0.15) is 251 Å². The van der Waals surface area contributed by atoms with Crippen LogP contribution in [0.5, 0.6) is 0 Å². The molecular formula is C49H94NO10P. The van der Waals surface area contributed by atoms with Crippen molar-refractivity contribution in [3.8, 4) is 0 Å². The van der Waals surface area contributed by atoms with Gasteiger partial charge in [0.2, 0.25) is 5.91 Å². The molecule has 0 rings (SSSR count). The van der Waals surface area contributed by atoms with Crippen molar-refractivity contribution < 1.29 is 47.8 Å². The fourth-order valence-electron chi connectivity index (χ4n) is 7.37. The molecule has 0 aliphatic rings. The van der Waals surface area contributed by atoms with Gasteiger partial charge in [-0.25, -0.2) is 9.36 Å². The Kier molecular flexibility index (Phi) is 43.5. The van der Waals surface area contributed by atoms with E-state index in [4.69, 9.17) is 13.8 Å². The van der Waals surface area contributed by atoms with Crippen LogP contribution in [0, 0.1) is 0 Å². The highest BCUT2D eigenvalue weighted by atomic mass is 31.2. The number of ether oxygens (including phenoxy) is 1. The van der Waals surface area contributed by atoms with Crippen LogP contribution in [0.4, 0.5) is 0 Å². The summed E-state index contributed by atoms with van der Waals surface area (Å²) in [6, 6.07) is -1.54. The van der Waals surface area contributed by atoms with Crippen molar-refractivity contribution in [2.45, 2.75) is 264 Å². The quantitative estimate of drug-likeness (QED) is 0.0200. The lowest BCUT2D eigenvalue weighted by molar-refractivity contribution is -0.147. The Hall–Kier alpha value is -1.78. The van der Waals surface area contributed by atoms with Crippen LogP contribution >= 0.6 is 7.82 Å². The van der Waals surface area contributed by atoms with Crippen LogP contribution in [-0.2, 0) is 32.7 Å². The van der Waals surface area contributed by atoms with E-state index in [1.807, 2.05) is 0 Å². The van der Waals surface area contributed by atoms with Crippen LogP contribution in [0.15, 0.2) is 12.2 Å². The summed E-state index contributed by atoms with van der Waals surface area (Å²) in [6.45, 7) is 2.63. The molecule has 3 unspecified atom stereocenters. The van der Waals surface area contributed by atoms with E-state index in [1.165, 1.54) is 173 Å². The van der Waals surface area contributed by atoms with Crippen LogP contribution in [0.2, 0.25) is 0 Å². The number of aliphatic carboxylic acids is 1. The number of rotatable bonds is 48. The fourth-order valence-corrected chi connectivity index (χ4v) is 8.14. The molecule has 0 spiro atoms. The normalized spacial score (nSPS) is 13.6. The van der Waals surface area contributed by atoms with Gasteiger partial charge < -0.3 is 25.2 Å². The number of phosphoric ester groups is 1. The second kappa shape index (κ2) is 44.8. The number of amides is 1. The largest absolute Gasteiger partial charge is 0.480 e. The Balaban J connectivity index is 3.81. The van der Waals surface area contributed by atoms with Crippen LogP contribution < -0.4 is 5.32 Å². The van der Waals surface area contributed by atoms with Crippen LogP contribution in [0.3, 0.4) is 0 Å². The maximum atomic E-state index is 12.3. The van der Waals surface area contributed by atoms with E-state index in [2.05, 4.69) is 31.3 Å². The summed E-state index contributed by atoms with van der Waals surface area (Å²) in [5, 5.41) is 21.9. The average molecular weight is 888 g/mol. The number of carbonyl (C=O) groups excluding carboxylic acids is 2. The number of nitrogens with one attached hydrogen (secondary N) is 1. The SMILES string of the molecule is CCCCCCCC/C=C/CCCCCCCCCCCC(=O)OCC(O)COP(=O)(O)OCC(NC(=O)CCCCCCCCCCCCCCCCCCCC)C(=O)O. The van der Waals surface area contributed by atoms with E-state index < -0.39 is 57.6 Å². The molecule has 0 aliphatic carbocycles. The lowest BCUT2D eigenvalue weighted by atomic mass is 10.0. The third kappa shape index (κ3) is 44.6. The van der Waals surface area contributed by atoms with Crippen molar-refractivity contribution >= 4 is 25.7 Å². The van der Waals surface area contributed by atoms with E-state index in [9.17, 15) is 34.1 Å². The number of phosphoric acid groups is 1. The van der Waals surface area contributed by atoms with Crippen LogP contribution in [-0.4, -0.2) is 64.9 Å². The van der Waals surface area contributed by atoms with E-state index in [0.29, 0.717) is 12.8 Å². The number of carbonyl (C=O) groups is 3. The minimum atomic E-state index is -4.76. The lowest BCUT2D eigenvalue weighted by Crippen LogP contribution is -2.43. The van der Waals surface area contributed by atoms with Gasteiger partial charge in [-0.3, -0.25) is 18.6 Å². The first-order valence-electron chi connectivity index (χ1n) is 25.2. The molecule has 11 nitrogen and oxygen atoms in total. The summed E-state index contributed by atoms with van der Waals surface area (Å²) >= 11 is 0. The fraction of sp³-hybridized carbons (Fsp3) is 0.898. The van der Waals surface area contributed by atoms with E-state index >= 15 is 0 Å². The van der Waals surface area contributed by atoms with Gasteiger partial charge in [0, 0.05) is 12.8 Å². The van der Waals surface area contributed by atoms with Crippen molar-refractivity contribution in [3.05, 3.63) is 12.2 Å². The highest BCUT2D eigenvalue weighted by Gasteiger charge is 2.28. The maximum absolute atomic E-state index is 12.3. The first kappa shape index (κ1) is 59.2. The minimum Gasteiger partial charge on any atom is -0.480 e. The van der Waals surface area contributed by atoms with Gasteiger partial charge in [-0.1, -0.05) is 212 Å². The predicted molar refractivity (Wildman–Crippen MR) is 250 cm³/mol. The molecule has 0 fully saturated rings. The molecule has 360 valence electrons. The number of hydrogen-bond donors (Lipinski definition) is 4. The highest BCUT2D eigenvalue weighted by molar-refractivity contribution is 7.47. The van der Waals surface area contributed by atoms with E-state index in [0.717, 1.165) is 38.5 Å². The topological polar surface area (TPSA) is 169 Å². The summed E-state index contributed by atoms with van der Waals surface area (Å²) in [4.78, 5) is 46.1. The Bertz CT molecular complexity index is 1090. The number of aliphatic hydroxyl groups excluding tert-OH is 1. The Morgan fingerprint density at radius 3 is 1.25 bits per heavy atom. The molecule has 4 N–H and O–H groups in total. The molecule has 0 aromatic carbocycles. The van der Waals surface area contributed by atoms with Gasteiger partial charge >= 0.3 is 19.8 Å². The summed E-state index contributed by atoms with van der Waals surface area (Å²) < 4.78 is 26.9. The molecule has 3 atom stereocenters. The number of allylic oxidation sites excluding steroid dienone is 2. The lowest BCUT2D eigenvalue weighted by Gasteiger charge is -2.18. The van der Waals surface area contributed by atoms with Gasteiger partial charge in [-0.05, 0) is 38.5 Å². The zero-order valence-corrected chi connectivity index (χ0v) is 40.1. The van der Waals surface area contributed by atoms with E-state index in [1.54, 1.807) is 0 Å². The average Bonchev–Trinajstić information content (AvgIpc) is 3.24. The summed E-state index contributed by atoms with van der Waals surface area (Å²) in [6.07, 6.45) is 46.6. The van der Waals surface area contributed by atoms with Gasteiger partial charge in [-0.2, -0.15) is 0 Å². The number of aliphatic hydroxyl groups is 1. The third-order valence-electron chi connectivity index (χ3n) is 11.3. The molecule has 0 aliphatic heterocycles. The van der Waals surface area contributed by atoms with Crippen molar-refractivity contribution in [2.24, 2.45) is 0 Å². The molecule has 12 heteroatoms. The Morgan fingerprint density at radius 2 is 0.852 bits per heavy atom. The monoisotopic (exact) mass is 888 g/mol.